The molecule has 9 nitrogen and oxygen atoms in total. The van der Waals surface area contributed by atoms with E-state index in [1.165, 1.54) is 37.5 Å². The number of alkyl halides is 3. The maximum Gasteiger partial charge on any atom is 0.435 e. The highest BCUT2D eigenvalue weighted by Crippen LogP contribution is 2.33. The number of carboxylic acid groups (broad SMARTS) is 1. The number of aromatic carboxylic acids is 1. The number of anilines is 2. The van der Waals surface area contributed by atoms with Crippen LogP contribution < -0.4 is 10.1 Å². The summed E-state index contributed by atoms with van der Waals surface area (Å²) >= 11 is 5.82. The van der Waals surface area contributed by atoms with Crippen LogP contribution in [0.3, 0.4) is 0 Å². The Balaban J connectivity index is 1.88. The number of hydrogen-bond donors (Lipinski definition) is 2. The maximum absolute atomic E-state index is 13.5. The molecular formula is C24H19ClF4N6O3. The summed E-state index contributed by atoms with van der Waals surface area (Å²) < 4.78 is 60.2. The lowest BCUT2D eigenvalue weighted by Gasteiger charge is -2.15. The van der Waals surface area contributed by atoms with Crippen LogP contribution in [0.1, 0.15) is 35.6 Å². The molecule has 0 fully saturated rings. The first kappa shape index (κ1) is 26.8. The Morgan fingerprint density at radius 2 is 1.89 bits per heavy atom. The molecule has 38 heavy (non-hydrogen) atoms. The Morgan fingerprint density at radius 3 is 2.50 bits per heavy atom. The van der Waals surface area contributed by atoms with Gasteiger partial charge in [0, 0.05) is 34.9 Å². The molecule has 4 rings (SSSR count). The molecule has 4 aromatic rings. The molecule has 0 unspecified atom stereocenters. The van der Waals surface area contributed by atoms with Gasteiger partial charge in [0.25, 0.3) is 0 Å². The number of nitrogens with zero attached hydrogens (tertiary/aromatic N) is 5. The SMILES string of the molecule is Cc1cc(C(F)(F)F)nn1-c1nc(Nc2ccc(F)c(Cl)c2)ncc1-c1cnc(OC(C)C)c(C(=O)O)c1. The number of aryl methyl sites for hydroxylation is 1. The zero-order valence-electron chi connectivity index (χ0n) is 20.0. The summed E-state index contributed by atoms with van der Waals surface area (Å²) in [7, 11) is 0. The first-order valence-corrected chi connectivity index (χ1v) is 11.3. The highest BCUT2D eigenvalue weighted by Gasteiger charge is 2.35. The predicted molar refractivity (Wildman–Crippen MR) is 130 cm³/mol. The van der Waals surface area contributed by atoms with E-state index >= 15 is 0 Å². The summed E-state index contributed by atoms with van der Waals surface area (Å²) in [4.78, 5) is 24.5. The molecule has 14 heteroatoms. The topological polar surface area (TPSA) is 115 Å². The van der Waals surface area contributed by atoms with Crippen molar-refractivity contribution in [3.05, 3.63) is 70.5 Å². The van der Waals surface area contributed by atoms with Crippen LogP contribution >= 0.6 is 11.6 Å². The van der Waals surface area contributed by atoms with E-state index in [0.717, 1.165) is 16.8 Å². The second-order valence-corrected chi connectivity index (χ2v) is 8.72. The van der Waals surface area contributed by atoms with E-state index in [1.54, 1.807) is 13.8 Å². The van der Waals surface area contributed by atoms with Crippen molar-refractivity contribution >= 4 is 29.2 Å². The second kappa shape index (κ2) is 10.2. The van der Waals surface area contributed by atoms with Gasteiger partial charge in [-0.1, -0.05) is 11.6 Å². The zero-order chi connectivity index (χ0) is 27.8. The summed E-state index contributed by atoms with van der Waals surface area (Å²) in [5.74, 6) is -2.26. The highest BCUT2D eigenvalue weighted by molar-refractivity contribution is 6.31. The molecule has 1 aromatic carbocycles. The number of aromatic nitrogens is 5. The quantitative estimate of drug-likeness (QED) is 0.266. The Kier molecular flexibility index (Phi) is 7.22. The minimum atomic E-state index is -4.72. The smallest absolute Gasteiger partial charge is 0.435 e. The van der Waals surface area contributed by atoms with Crippen molar-refractivity contribution in [3.63, 3.8) is 0 Å². The van der Waals surface area contributed by atoms with Gasteiger partial charge < -0.3 is 15.2 Å². The summed E-state index contributed by atoms with van der Waals surface area (Å²) in [5.41, 5.74) is -0.678. The molecule has 0 aliphatic carbocycles. The third kappa shape index (κ3) is 5.67. The lowest BCUT2D eigenvalue weighted by atomic mass is 10.1. The lowest BCUT2D eigenvalue weighted by Crippen LogP contribution is -2.13. The van der Waals surface area contributed by atoms with E-state index in [9.17, 15) is 27.5 Å². The molecule has 0 radical (unpaired) electrons. The van der Waals surface area contributed by atoms with Crippen LogP contribution in [0, 0.1) is 12.7 Å². The summed E-state index contributed by atoms with van der Waals surface area (Å²) in [6.45, 7) is 4.80. The van der Waals surface area contributed by atoms with Crippen molar-refractivity contribution in [1.82, 2.24) is 24.7 Å². The molecule has 3 heterocycles. The van der Waals surface area contributed by atoms with E-state index in [2.05, 4.69) is 25.4 Å². The van der Waals surface area contributed by atoms with E-state index in [4.69, 9.17) is 16.3 Å². The molecule has 0 aliphatic heterocycles. The monoisotopic (exact) mass is 550 g/mol. The number of pyridine rings is 1. The van der Waals surface area contributed by atoms with E-state index < -0.39 is 23.7 Å². The number of carbonyl (C=O) groups is 1. The molecule has 0 saturated heterocycles. The van der Waals surface area contributed by atoms with Crippen LogP contribution in [0.25, 0.3) is 16.9 Å². The third-order valence-electron chi connectivity index (χ3n) is 5.06. The Morgan fingerprint density at radius 1 is 1.16 bits per heavy atom. The highest BCUT2D eigenvalue weighted by atomic mass is 35.5. The van der Waals surface area contributed by atoms with Crippen LogP contribution in [-0.4, -0.2) is 41.9 Å². The van der Waals surface area contributed by atoms with Gasteiger partial charge in [-0.05, 0) is 51.1 Å². The molecule has 3 aromatic heterocycles. The summed E-state index contributed by atoms with van der Waals surface area (Å²) in [6.07, 6.45) is -2.51. The van der Waals surface area contributed by atoms with Gasteiger partial charge in [0.15, 0.2) is 11.5 Å². The van der Waals surface area contributed by atoms with Gasteiger partial charge in [-0.3, -0.25) is 0 Å². The summed E-state index contributed by atoms with van der Waals surface area (Å²) in [6, 6.07) is 5.87. The van der Waals surface area contributed by atoms with Crippen LogP contribution in [-0.2, 0) is 6.18 Å². The molecule has 0 amide bonds. The van der Waals surface area contributed by atoms with Crippen molar-refractivity contribution in [3.8, 4) is 22.8 Å². The molecule has 198 valence electrons. The molecule has 0 atom stereocenters. The Bertz CT molecular complexity index is 1520. The Labute approximate surface area is 218 Å². The molecule has 2 N–H and O–H groups in total. The van der Waals surface area contributed by atoms with Crippen molar-refractivity contribution in [2.45, 2.75) is 33.1 Å². The van der Waals surface area contributed by atoms with Crippen LogP contribution in [0.5, 0.6) is 5.88 Å². The average Bonchev–Trinajstić information content (AvgIpc) is 3.23. The minimum Gasteiger partial charge on any atom is -0.477 e. The number of rotatable bonds is 7. The van der Waals surface area contributed by atoms with Crippen molar-refractivity contribution in [1.29, 1.82) is 0 Å². The fraction of sp³-hybridized carbons (Fsp3) is 0.208. The lowest BCUT2D eigenvalue weighted by molar-refractivity contribution is -0.141. The van der Waals surface area contributed by atoms with Gasteiger partial charge in [-0.25, -0.2) is 23.8 Å². The standard InChI is InChI=1S/C24H19ClF4N6O3/c1-11(2)38-21-15(22(36)37)7-13(9-30-21)16-10-31-23(32-14-4-5-18(26)17(25)8-14)33-20(16)35-12(3)6-19(34-35)24(27,28)29/h4-11H,1-3H3,(H,36,37)(H,31,32,33). The van der Waals surface area contributed by atoms with Gasteiger partial charge in [0.2, 0.25) is 11.8 Å². The number of ether oxygens (including phenoxy) is 1. The first-order chi connectivity index (χ1) is 17.8. The van der Waals surface area contributed by atoms with E-state index in [-0.39, 0.29) is 51.2 Å². The molecule has 0 saturated carbocycles. The van der Waals surface area contributed by atoms with Crippen molar-refractivity contribution in [2.24, 2.45) is 0 Å². The number of halogens is 5. The van der Waals surface area contributed by atoms with Crippen LogP contribution in [0.15, 0.2) is 42.7 Å². The predicted octanol–water partition coefficient (Wildman–Crippen LogP) is 6.07. The Hall–Kier alpha value is -4.26. The fourth-order valence-electron chi connectivity index (χ4n) is 3.40. The van der Waals surface area contributed by atoms with Crippen LogP contribution in [0.4, 0.5) is 29.2 Å². The van der Waals surface area contributed by atoms with Gasteiger partial charge in [-0.2, -0.15) is 23.3 Å². The van der Waals surface area contributed by atoms with Crippen molar-refractivity contribution < 1.29 is 32.2 Å². The number of nitrogens with one attached hydrogen (secondary N) is 1. The number of carboxylic acids is 1. The molecule has 0 aliphatic rings. The number of hydrogen-bond acceptors (Lipinski definition) is 7. The third-order valence-corrected chi connectivity index (χ3v) is 5.35. The minimum absolute atomic E-state index is 0.0685. The fourth-order valence-corrected chi connectivity index (χ4v) is 3.58. The van der Waals surface area contributed by atoms with Crippen LogP contribution in [0.2, 0.25) is 5.02 Å². The van der Waals surface area contributed by atoms with Gasteiger partial charge >= 0.3 is 12.1 Å². The van der Waals surface area contributed by atoms with E-state index in [0.29, 0.717) is 5.69 Å². The maximum atomic E-state index is 13.5. The molecular weight excluding hydrogens is 532 g/mol. The normalized spacial score (nSPS) is 11.6. The molecule has 0 spiro atoms. The number of benzene rings is 1. The molecule has 0 bridgehead atoms. The first-order valence-electron chi connectivity index (χ1n) is 11.0. The van der Waals surface area contributed by atoms with Gasteiger partial charge in [-0.15, -0.1) is 0 Å². The van der Waals surface area contributed by atoms with Crippen molar-refractivity contribution in [2.75, 3.05) is 5.32 Å². The second-order valence-electron chi connectivity index (χ2n) is 8.31. The zero-order valence-corrected chi connectivity index (χ0v) is 20.8. The average molecular weight is 551 g/mol. The summed E-state index contributed by atoms with van der Waals surface area (Å²) in [5, 5.41) is 16.0. The largest absolute Gasteiger partial charge is 0.477 e. The van der Waals surface area contributed by atoms with Gasteiger partial charge in [0.05, 0.1) is 11.1 Å². The van der Waals surface area contributed by atoms with Gasteiger partial charge in [0.1, 0.15) is 11.4 Å². The van der Waals surface area contributed by atoms with E-state index in [1.807, 2.05) is 0 Å².